The third-order valence-electron chi connectivity index (χ3n) is 1.57. The Bertz CT molecular complexity index is 141. The molecule has 0 atom stereocenters. The van der Waals surface area contributed by atoms with E-state index in [-0.39, 0.29) is 5.91 Å². The Hall–Kier alpha value is -0.570. The Morgan fingerprint density at radius 3 is 2.70 bits per heavy atom. The Morgan fingerprint density at radius 1 is 1.70 bits per heavy atom. The second-order valence-electron chi connectivity index (χ2n) is 2.83. The lowest BCUT2D eigenvalue weighted by molar-refractivity contribution is -0.124. The van der Waals surface area contributed by atoms with Crippen LogP contribution in [0.4, 0.5) is 0 Å². The minimum absolute atomic E-state index is 0.0394. The van der Waals surface area contributed by atoms with Gasteiger partial charge in [0.05, 0.1) is 0 Å². The van der Waals surface area contributed by atoms with Crippen LogP contribution in [0.2, 0.25) is 0 Å². The van der Waals surface area contributed by atoms with Crippen LogP contribution in [0.25, 0.3) is 0 Å². The molecular formula is C7H13NO2. The Balaban J connectivity index is 2.18. The number of aliphatic hydroxyl groups is 1. The molecule has 0 saturated heterocycles. The summed E-state index contributed by atoms with van der Waals surface area (Å²) >= 11 is 0. The monoisotopic (exact) mass is 143 g/mol. The van der Waals surface area contributed by atoms with Gasteiger partial charge in [-0.25, -0.2) is 0 Å². The molecule has 0 aromatic carbocycles. The number of amides is 1. The van der Waals surface area contributed by atoms with E-state index in [2.05, 4.69) is 5.32 Å². The van der Waals surface area contributed by atoms with Gasteiger partial charge in [-0.2, -0.15) is 0 Å². The highest BCUT2D eigenvalue weighted by Crippen LogP contribution is 2.31. The summed E-state index contributed by atoms with van der Waals surface area (Å²) in [6.07, 6.45) is 2.77. The largest absolute Gasteiger partial charge is 0.371 e. The first-order chi connectivity index (χ1) is 4.66. The topological polar surface area (TPSA) is 49.3 Å². The molecule has 3 heteroatoms. The van der Waals surface area contributed by atoms with Crippen LogP contribution < -0.4 is 5.32 Å². The van der Waals surface area contributed by atoms with Crippen LogP contribution >= 0.6 is 0 Å². The van der Waals surface area contributed by atoms with Crippen molar-refractivity contribution >= 4 is 5.91 Å². The number of hydrogen-bond donors (Lipinski definition) is 2. The molecule has 1 aliphatic carbocycles. The highest BCUT2D eigenvalue weighted by atomic mass is 16.3. The van der Waals surface area contributed by atoms with Crippen LogP contribution in [-0.2, 0) is 4.79 Å². The normalized spacial score (nSPS) is 20.2. The summed E-state index contributed by atoms with van der Waals surface area (Å²) in [5.41, 5.74) is -0.827. The van der Waals surface area contributed by atoms with Crippen molar-refractivity contribution in [3.8, 4) is 0 Å². The van der Waals surface area contributed by atoms with Crippen LogP contribution in [0.5, 0.6) is 0 Å². The van der Waals surface area contributed by atoms with Crippen molar-refractivity contribution in [2.75, 3.05) is 0 Å². The lowest BCUT2D eigenvalue weighted by atomic mass is 10.3. The van der Waals surface area contributed by atoms with Gasteiger partial charge in [0.15, 0.2) is 0 Å². The second kappa shape index (κ2) is 2.58. The number of rotatable bonds is 3. The average Bonchev–Trinajstić information content (AvgIpc) is 2.48. The molecule has 1 rings (SSSR count). The number of carbonyl (C=O) groups excluding carboxylic acids is 1. The molecule has 1 amide bonds. The van der Waals surface area contributed by atoms with Gasteiger partial charge in [0.1, 0.15) is 5.72 Å². The maximum absolute atomic E-state index is 10.8. The first-order valence-electron chi connectivity index (χ1n) is 3.70. The van der Waals surface area contributed by atoms with Crippen LogP contribution in [0.3, 0.4) is 0 Å². The molecule has 0 aliphatic heterocycles. The molecule has 0 aromatic rings. The van der Waals surface area contributed by atoms with E-state index in [4.69, 9.17) is 0 Å². The van der Waals surface area contributed by atoms with E-state index in [0.717, 1.165) is 6.42 Å². The zero-order valence-corrected chi connectivity index (χ0v) is 6.18. The van der Waals surface area contributed by atoms with Crippen molar-refractivity contribution in [2.45, 2.75) is 38.3 Å². The number of hydrogen-bond acceptors (Lipinski definition) is 2. The third kappa shape index (κ3) is 1.99. The minimum atomic E-state index is -0.827. The van der Waals surface area contributed by atoms with E-state index >= 15 is 0 Å². The van der Waals surface area contributed by atoms with E-state index in [9.17, 15) is 9.90 Å². The first-order valence-corrected chi connectivity index (χ1v) is 3.70. The van der Waals surface area contributed by atoms with Gasteiger partial charge in [0.2, 0.25) is 5.91 Å². The molecule has 1 fully saturated rings. The van der Waals surface area contributed by atoms with Gasteiger partial charge in [0.25, 0.3) is 0 Å². The molecule has 1 saturated carbocycles. The molecule has 58 valence electrons. The lowest BCUT2D eigenvalue weighted by Crippen LogP contribution is -2.36. The van der Waals surface area contributed by atoms with Gasteiger partial charge in [-0.1, -0.05) is 6.92 Å². The summed E-state index contributed by atoms with van der Waals surface area (Å²) < 4.78 is 0. The second-order valence-corrected chi connectivity index (χ2v) is 2.83. The quantitative estimate of drug-likeness (QED) is 0.561. The van der Waals surface area contributed by atoms with Crippen molar-refractivity contribution in [1.29, 1.82) is 0 Å². The number of nitrogens with one attached hydrogen (secondary N) is 1. The molecule has 0 radical (unpaired) electrons. The van der Waals surface area contributed by atoms with Gasteiger partial charge < -0.3 is 10.4 Å². The Kier molecular flexibility index (Phi) is 1.94. The summed E-state index contributed by atoms with van der Waals surface area (Å²) in [5, 5.41) is 11.7. The predicted octanol–water partition coefficient (Wildman–Crippen LogP) is 0.385. The van der Waals surface area contributed by atoms with E-state index in [1.54, 1.807) is 0 Å². The van der Waals surface area contributed by atoms with Crippen molar-refractivity contribution in [3.05, 3.63) is 0 Å². The maximum atomic E-state index is 10.8. The first kappa shape index (κ1) is 7.54. The van der Waals surface area contributed by atoms with E-state index in [1.165, 1.54) is 0 Å². The summed E-state index contributed by atoms with van der Waals surface area (Å²) in [4.78, 5) is 10.8. The van der Waals surface area contributed by atoms with Crippen molar-refractivity contribution in [3.63, 3.8) is 0 Å². The molecular weight excluding hydrogens is 130 g/mol. The van der Waals surface area contributed by atoms with Gasteiger partial charge in [0, 0.05) is 6.42 Å². The molecule has 0 aromatic heterocycles. The van der Waals surface area contributed by atoms with Gasteiger partial charge >= 0.3 is 0 Å². The van der Waals surface area contributed by atoms with Crippen LogP contribution in [0, 0.1) is 0 Å². The highest BCUT2D eigenvalue weighted by Gasteiger charge is 2.41. The fourth-order valence-corrected chi connectivity index (χ4v) is 0.792. The maximum Gasteiger partial charge on any atom is 0.222 e. The molecule has 0 heterocycles. The minimum Gasteiger partial charge on any atom is -0.371 e. The number of carbonyl (C=O) groups is 1. The predicted molar refractivity (Wildman–Crippen MR) is 37.2 cm³/mol. The highest BCUT2D eigenvalue weighted by molar-refractivity contribution is 5.76. The van der Waals surface area contributed by atoms with E-state index < -0.39 is 5.72 Å². The molecule has 1 aliphatic rings. The zero-order valence-electron chi connectivity index (χ0n) is 6.18. The SMILES string of the molecule is CCCC(=O)NC1(O)CC1. The summed E-state index contributed by atoms with van der Waals surface area (Å²) in [6, 6.07) is 0. The summed E-state index contributed by atoms with van der Waals surface area (Å²) in [5.74, 6) is -0.0394. The third-order valence-corrected chi connectivity index (χ3v) is 1.57. The van der Waals surface area contributed by atoms with Crippen LogP contribution in [0.1, 0.15) is 32.6 Å². The van der Waals surface area contributed by atoms with E-state index in [0.29, 0.717) is 19.3 Å². The Morgan fingerprint density at radius 2 is 2.30 bits per heavy atom. The molecule has 3 nitrogen and oxygen atoms in total. The van der Waals surface area contributed by atoms with Crippen LogP contribution in [0.15, 0.2) is 0 Å². The fourth-order valence-electron chi connectivity index (χ4n) is 0.792. The molecule has 2 N–H and O–H groups in total. The van der Waals surface area contributed by atoms with Crippen molar-refractivity contribution in [1.82, 2.24) is 5.32 Å². The average molecular weight is 143 g/mol. The van der Waals surface area contributed by atoms with Gasteiger partial charge in [-0.15, -0.1) is 0 Å². The molecule has 0 spiro atoms. The summed E-state index contributed by atoms with van der Waals surface area (Å²) in [6.45, 7) is 1.94. The molecule has 10 heavy (non-hydrogen) atoms. The van der Waals surface area contributed by atoms with Crippen molar-refractivity contribution < 1.29 is 9.90 Å². The van der Waals surface area contributed by atoms with Crippen LogP contribution in [-0.4, -0.2) is 16.7 Å². The smallest absolute Gasteiger partial charge is 0.222 e. The Labute approximate surface area is 60.4 Å². The molecule has 0 unspecified atom stereocenters. The lowest BCUT2D eigenvalue weighted by Gasteiger charge is -2.08. The van der Waals surface area contributed by atoms with Gasteiger partial charge in [-0.05, 0) is 19.3 Å². The molecule has 0 bridgehead atoms. The van der Waals surface area contributed by atoms with E-state index in [1.807, 2.05) is 6.92 Å². The van der Waals surface area contributed by atoms with Gasteiger partial charge in [-0.3, -0.25) is 4.79 Å². The fraction of sp³-hybridized carbons (Fsp3) is 0.857. The summed E-state index contributed by atoms with van der Waals surface area (Å²) in [7, 11) is 0. The standard InChI is InChI=1S/C7H13NO2/c1-2-3-6(9)8-7(10)4-5-7/h10H,2-5H2,1H3,(H,8,9). The zero-order chi connectivity index (χ0) is 7.61. The van der Waals surface area contributed by atoms with Crippen molar-refractivity contribution in [2.24, 2.45) is 0 Å².